The summed E-state index contributed by atoms with van der Waals surface area (Å²) in [5.41, 5.74) is -0.148. The van der Waals surface area contributed by atoms with Gasteiger partial charge in [0.15, 0.2) is 0 Å². The summed E-state index contributed by atoms with van der Waals surface area (Å²) in [6.45, 7) is 8.53. The van der Waals surface area contributed by atoms with Gasteiger partial charge in [0, 0.05) is 0 Å². The van der Waals surface area contributed by atoms with Crippen LogP contribution in [0.5, 0.6) is 0 Å². The van der Waals surface area contributed by atoms with Crippen LogP contribution in [0.25, 0.3) is 0 Å². The number of nitrogens with zero attached hydrogens (tertiary/aromatic N) is 1. The molecule has 0 aromatic rings. The quantitative estimate of drug-likeness (QED) is 0.459. The summed E-state index contributed by atoms with van der Waals surface area (Å²) in [7, 11) is 0. The second kappa shape index (κ2) is 5.93. The zero-order valence-corrected chi connectivity index (χ0v) is 9.26. The number of isocyanates is 1. The predicted octanol–water partition coefficient (Wildman–Crippen LogP) is 3.32. The molecule has 0 fully saturated rings. The van der Waals surface area contributed by atoms with Crippen LogP contribution in [0.4, 0.5) is 0 Å². The summed E-state index contributed by atoms with van der Waals surface area (Å²) < 4.78 is 0. The van der Waals surface area contributed by atoms with E-state index in [2.05, 4.69) is 32.7 Å². The van der Waals surface area contributed by atoms with Crippen molar-refractivity contribution in [2.45, 2.75) is 58.9 Å². The van der Waals surface area contributed by atoms with Gasteiger partial charge in [-0.2, -0.15) is 4.99 Å². The van der Waals surface area contributed by atoms with Crippen molar-refractivity contribution in [2.75, 3.05) is 0 Å². The van der Waals surface area contributed by atoms with Crippen molar-refractivity contribution in [1.29, 1.82) is 0 Å². The molecule has 0 aliphatic rings. The number of hydrogen-bond donors (Lipinski definition) is 0. The SMILES string of the molecule is CCCC(CCC)(N=C=O)C(C)C. The van der Waals surface area contributed by atoms with Crippen LogP contribution >= 0.6 is 0 Å². The largest absolute Gasteiger partial charge is 0.235 e. The fourth-order valence-corrected chi connectivity index (χ4v) is 1.90. The normalized spacial score (nSPS) is 11.5. The molecule has 0 aliphatic carbocycles. The molecule has 0 heterocycles. The Morgan fingerprint density at radius 1 is 1.23 bits per heavy atom. The van der Waals surface area contributed by atoms with Gasteiger partial charge in [-0.25, -0.2) is 4.79 Å². The third-order valence-electron chi connectivity index (χ3n) is 2.71. The van der Waals surface area contributed by atoms with Crippen molar-refractivity contribution in [3.8, 4) is 0 Å². The predicted molar refractivity (Wildman–Crippen MR) is 55.5 cm³/mol. The fraction of sp³-hybridized carbons (Fsp3) is 0.909. The van der Waals surface area contributed by atoms with Crippen LogP contribution in [-0.4, -0.2) is 11.6 Å². The average molecular weight is 183 g/mol. The van der Waals surface area contributed by atoms with Crippen LogP contribution in [0.15, 0.2) is 4.99 Å². The molecule has 0 unspecified atom stereocenters. The summed E-state index contributed by atoms with van der Waals surface area (Å²) in [6, 6.07) is 0. The molecule has 76 valence electrons. The molecule has 13 heavy (non-hydrogen) atoms. The van der Waals surface area contributed by atoms with Gasteiger partial charge in [-0.05, 0) is 18.8 Å². The second-order valence-corrected chi connectivity index (χ2v) is 3.96. The zero-order valence-electron chi connectivity index (χ0n) is 9.26. The van der Waals surface area contributed by atoms with Crippen molar-refractivity contribution >= 4 is 6.08 Å². The molecular formula is C11H21NO. The van der Waals surface area contributed by atoms with Gasteiger partial charge in [0.2, 0.25) is 6.08 Å². The molecule has 0 spiro atoms. The Labute approximate surface area is 81.4 Å². The Morgan fingerprint density at radius 2 is 1.69 bits per heavy atom. The summed E-state index contributed by atoms with van der Waals surface area (Å²) in [5, 5.41) is 0. The molecule has 0 aromatic carbocycles. The molecule has 0 rings (SSSR count). The molecule has 0 bridgehead atoms. The standard InChI is InChI=1S/C11H21NO/c1-5-7-11(8-6-2,10(3)4)12-9-13/h10H,5-8H2,1-4H3. The first-order valence-electron chi connectivity index (χ1n) is 5.22. The van der Waals surface area contributed by atoms with Crippen molar-refractivity contribution < 1.29 is 4.79 Å². The van der Waals surface area contributed by atoms with Crippen molar-refractivity contribution in [3.05, 3.63) is 0 Å². The maximum atomic E-state index is 10.4. The Kier molecular flexibility index (Phi) is 5.65. The summed E-state index contributed by atoms with van der Waals surface area (Å²) in [4.78, 5) is 14.4. The number of carbonyl (C=O) groups excluding carboxylic acids is 1. The van der Waals surface area contributed by atoms with E-state index in [1.165, 1.54) is 0 Å². The fourth-order valence-electron chi connectivity index (χ4n) is 1.90. The highest BCUT2D eigenvalue weighted by molar-refractivity contribution is 5.35. The van der Waals surface area contributed by atoms with Crippen LogP contribution in [-0.2, 0) is 4.79 Å². The van der Waals surface area contributed by atoms with E-state index >= 15 is 0 Å². The van der Waals surface area contributed by atoms with E-state index in [1.807, 2.05) is 0 Å². The van der Waals surface area contributed by atoms with E-state index in [9.17, 15) is 4.79 Å². The second-order valence-electron chi connectivity index (χ2n) is 3.96. The average Bonchev–Trinajstić information content (AvgIpc) is 2.05. The van der Waals surface area contributed by atoms with Gasteiger partial charge in [-0.3, -0.25) is 0 Å². The molecular weight excluding hydrogens is 162 g/mol. The molecule has 2 heteroatoms. The summed E-state index contributed by atoms with van der Waals surface area (Å²) >= 11 is 0. The van der Waals surface area contributed by atoms with E-state index < -0.39 is 0 Å². The first-order chi connectivity index (χ1) is 6.13. The first-order valence-corrected chi connectivity index (χ1v) is 5.22. The molecule has 0 saturated carbocycles. The number of rotatable bonds is 6. The monoisotopic (exact) mass is 183 g/mol. The molecule has 0 N–H and O–H groups in total. The lowest BCUT2D eigenvalue weighted by Crippen LogP contribution is -2.32. The van der Waals surface area contributed by atoms with Crippen LogP contribution in [0.1, 0.15) is 53.4 Å². The van der Waals surface area contributed by atoms with Crippen LogP contribution < -0.4 is 0 Å². The molecule has 0 aromatic heterocycles. The lowest BCUT2D eigenvalue weighted by Gasteiger charge is -2.31. The van der Waals surface area contributed by atoms with Gasteiger partial charge in [0.05, 0.1) is 5.54 Å². The molecule has 0 saturated heterocycles. The van der Waals surface area contributed by atoms with Gasteiger partial charge >= 0.3 is 0 Å². The molecule has 0 atom stereocenters. The Morgan fingerprint density at radius 3 is 1.92 bits per heavy atom. The van der Waals surface area contributed by atoms with E-state index in [0.717, 1.165) is 25.7 Å². The van der Waals surface area contributed by atoms with Crippen molar-refractivity contribution in [3.63, 3.8) is 0 Å². The minimum absolute atomic E-state index is 0.148. The summed E-state index contributed by atoms with van der Waals surface area (Å²) in [6.07, 6.45) is 5.87. The molecule has 0 amide bonds. The van der Waals surface area contributed by atoms with Crippen LogP contribution in [0.2, 0.25) is 0 Å². The van der Waals surface area contributed by atoms with Gasteiger partial charge in [-0.1, -0.05) is 40.5 Å². The third-order valence-corrected chi connectivity index (χ3v) is 2.71. The highest BCUT2D eigenvalue weighted by Gasteiger charge is 2.31. The molecule has 0 aliphatic heterocycles. The van der Waals surface area contributed by atoms with E-state index in [0.29, 0.717) is 5.92 Å². The van der Waals surface area contributed by atoms with E-state index in [-0.39, 0.29) is 5.54 Å². The van der Waals surface area contributed by atoms with Gasteiger partial charge in [0.1, 0.15) is 0 Å². The third kappa shape index (κ3) is 3.31. The zero-order chi connectivity index (χ0) is 10.3. The van der Waals surface area contributed by atoms with Gasteiger partial charge in [-0.15, -0.1) is 0 Å². The summed E-state index contributed by atoms with van der Waals surface area (Å²) in [5.74, 6) is 0.425. The van der Waals surface area contributed by atoms with Crippen LogP contribution in [0.3, 0.4) is 0 Å². The van der Waals surface area contributed by atoms with Crippen LogP contribution in [0, 0.1) is 5.92 Å². The molecule has 0 radical (unpaired) electrons. The lowest BCUT2D eigenvalue weighted by molar-refractivity contribution is 0.265. The highest BCUT2D eigenvalue weighted by atomic mass is 16.1. The Bertz CT molecular complexity index is 175. The Balaban J connectivity index is 4.68. The number of hydrogen-bond acceptors (Lipinski definition) is 2. The number of aliphatic imine (C=N–C) groups is 1. The van der Waals surface area contributed by atoms with Gasteiger partial charge in [0.25, 0.3) is 0 Å². The van der Waals surface area contributed by atoms with E-state index in [4.69, 9.17) is 0 Å². The Hall–Kier alpha value is -0.620. The maximum absolute atomic E-state index is 10.4. The van der Waals surface area contributed by atoms with Gasteiger partial charge < -0.3 is 0 Å². The molecule has 2 nitrogen and oxygen atoms in total. The highest BCUT2D eigenvalue weighted by Crippen LogP contribution is 2.31. The lowest BCUT2D eigenvalue weighted by atomic mass is 9.79. The van der Waals surface area contributed by atoms with Crippen molar-refractivity contribution in [1.82, 2.24) is 0 Å². The minimum atomic E-state index is -0.148. The minimum Gasteiger partial charge on any atom is -0.211 e. The van der Waals surface area contributed by atoms with Crippen molar-refractivity contribution in [2.24, 2.45) is 10.9 Å². The maximum Gasteiger partial charge on any atom is 0.235 e. The smallest absolute Gasteiger partial charge is 0.211 e. The van der Waals surface area contributed by atoms with E-state index in [1.54, 1.807) is 6.08 Å². The first kappa shape index (κ1) is 12.4. The topological polar surface area (TPSA) is 29.4 Å².